The Morgan fingerprint density at radius 3 is 2.84 bits per heavy atom. The molecular formula is C18H16BrN5O. The van der Waals surface area contributed by atoms with Crippen molar-refractivity contribution in [3.05, 3.63) is 76.3 Å². The van der Waals surface area contributed by atoms with E-state index >= 15 is 0 Å². The van der Waals surface area contributed by atoms with Crippen molar-refractivity contribution >= 4 is 33.5 Å². The molecule has 0 radical (unpaired) electrons. The first-order valence-corrected chi connectivity index (χ1v) is 8.44. The zero-order valence-corrected chi connectivity index (χ0v) is 15.1. The van der Waals surface area contributed by atoms with Gasteiger partial charge in [0.2, 0.25) is 5.95 Å². The van der Waals surface area contributed by atoms with Gasteiger partial charge in [0.25, 0.3) is 5.91 Å². The van der Waals surface area contributed by atoms with Crippen LogP contribution in [0.4, 0.5) is 11.6 Å². The number of amides is 1. The lowest BCUT2D eigenvalue weighted by atomic mass is 10.2. The van der Waals surface area contributed by atoms with Crippen LogP contribution in [0.5, 0.6) is 0 Å². The normalized spacial score (nSPS) is 10.3. The average molecular weight is 398 g/mol. The summed E-state index contributed by atoms with van der Waals surface area (Å²) in [6, 6.07) is 11.0. The maximum atomic E-state index is 12.4. The zero-order chi connectivity index (χ0) is 17.6. The molecule has 0 aliphatic rings. The number of halogens is 1. The van der Waals surface area contributed by atoms with Gasteiger partial charge in [-0.15, -0.1) is 0 Å². The molecule has 3 aromatic rings. The van der Waals surface area contributed by atoms with Crippen LogP contribution in [0.2, 0.25) is 0 Å². The first-order valence-electron chi connectivity index (χ1n) is 7.65. The second kappa shape index (κ2) is 7.85. The number of aryl methyl sites for hydroxylation is 1. The number of hydrogen-bond acceptors (Lipinski definition) is 5. The van der Waals surface area contributed by atoms with E-state index in [4.69, 9.17) is 0 Å². The van der Waals surface area contributed by atoms with Crippen LogP contribution >= 0.6 is 15.9 Å². The predicted molar refractivity (Wildman–Crippen MR) is 100 cm³/mol. The largest absolute Gasteiger partial charge is 0.350 e. The van der Waals surface area contributed by atoms with E-state index in [1.807, 2.05) is 37.3 Å². The van der Waals surface area contributed by atoms with Crippen molar-refractivity contribution < 1.29 is 4.79 Å². The molecule has 0 bridgehead atoms. The van der Waals surface area contributed by atoms with Crippen molar-refractivity contribution in [3.8, 4) is 0 Å². The molecule has 1 aromatic carbocycles. The topological polar surface area (TPSA) is 79.8 Å². The third kappa shape index (κ3) is 4.60. The van der Waals surface area contributed by atoms with E-state index in [1.54, 1.807) is 24.7 Å². The number of rotatable bonds is 5. The van der Waals surface area contributed by atoms with Gasteiger partial charge in [-0.1, -0.05) is 22.0 Å². The molecule has 2 aromatic heterocycles. The summed E-state index contributed by atoms with van der Waals surface area (Å²) in [7, 11) is 0. The maximum absolute atomic E-state index is 12.4. The van der Waals surface area contributed by atoms with Crippen molar-refractivity contribution in [1.82, 2.24) is 15.0 Å². The highest BCUT2D eigenvalue weighted by Gasteiger charge is 2.10. The Morgan fingerprint density at radius 2 is 2.08 bits per heavy atom. The van der Waals surface area contributed by atoms with Gasteiger partial charge in [0.1, 0.15) is 5.69 Å². The van der Waals surface area contributed by atoms with Crippen LogP contribution < -0.4 is 10.6 Å². The first kappa shape index (κ1) is 17.0. The number of benzene rings is 1. The summed E-state index contributed by atoms with van der Waals surface area (Å²) in [6.07, 6.45) is 5.04. The van der Waals surface area contributed by atoms with Gasteiger partial charge in [0.05, 0.1) is 0 Å². The molecule has 6 nitrogen and oxygen atoms in total. The molecule has 1 amide bonds. The number of aromatic nitrogens is 3. The minimum Gasteiger partial charge on any atom is -0.350 e. The van der Waals surface area contributed by atoms with E-state index in [9.17, 15) is 4.79 Å². The molecule has 2 N–H and O–H groups in total. The number of nitrogens with one attached hydrogen (secondary N) is 2. The van der Waals surface area contributed by atoms with Crippen molar-refractivity contribution in [3.63, 3.8) is 0 Å². The Hall–Kier alpha value is -2.80. The molecule has 0 atom stereocenters. The van der Waals surface area contributed by atoms with Gasteiger partial charge in [0.15, 0.2) is 0 Å². The zero-order valence-electron chi connectivity index (χ0n) is 13.5. The van der Waals surface area contributed by atoms with Gasteiger partial charge in [0, 0.05) is 35.3 Å². The summed E-state index contributed by atoms with van der Waals surface area (Å²) >= 11 is 3.44. The molecule has 0 fully saturated rings. The van der Waals surface area contributed by atoms with Gasteiger partial charge in [-0.3, -0.25) is 9.78 Å². The average Bonchev–Trinajstić information content (AvgIpc) is 2.64. The Kier molecular flexibility index (Phi) is 5.35. The molecule has 126 valence electrons. The number of anilines is 2. The van der Waals surface area contributed by atoms with Crippen LogP contribution in [0, 0.1) is 6.92 Å². The standard InChI is InChI=1S/C18H16BrN5O/c1-12-9-14(4-5-15(12)19)23-17(25)16-6-8-21-18(24-16)22-11-13-3-2-7-20-10-13/h2-10H,11H2,1H3,(H,23,25)(H,21,22,24). The third-order valence-electron chi connectivity index (χ3n) is 3.48. The monoisotopic (exact) mass is 397 g/mol. The summed E-state index contributed by atoms with van der Waals surface area (Å²) in [4.78, 5) is 24.8. The summed E-state index contributed by atoms with van der Waals surface area (Å²) in [5.74, 6) is 0.108. The summed E-state index contributed by atoms with van der Waals surface area (Å²) in [5.41, 5.74) is 3.06. The predicted octanol–water partition coefficient (Wildman–Crippen LogP) is 3.81. The lowest BCUT2D eigenvalue weighted by Gasteiger charge is -2.08. The molecule has 0 saturated carbocycles. The van der Waals surface area contributed by atoms with Crippen LogP contribution in [0.25, 0.3) is 0 Å². The van der Waals surface area contributed by atoms with E-state index in [-0.39, 0.29) is 5.91 Å². The summed E-state index contributed by atoms with van der Waals surface area (Å²) in [6.45, 7) is 2.50. The van der Waals surface area contributed by atoms with Crippen LogP contribution in [0.1, 0.15) is 21.6 Å². The van der Waals surface area contributed by atoms with Crippen LogP contribution in [-0.4, -0.2) is 20.9 Å². The maximum Gasteiger partial charge on any atom is 0.274 e. The number of hydrogen-bond donors (Lipinski definition) is 2. The van der Waals surface area contributed by atoms with Crippen LogP contribution in [0.3, 0.4) is 0 Å². The van der Waals surface area contributed by atoms with Crippen molar-refractivity contribution in [2.75, 3.05) is 10.6 Å². The third-order valence-corrected chi connectivity index (χ3v) is 4.37. The quantitative estimate of drug-likeness (QED) is 0.684. The van der Waals surface area contributed by atoms with Crippen LogP contribution in [-0.2, 0) is 6.54 Å². The Morgan fingerprint density at radius 1 is 1.20 bits per heavy atom. The molecule has 0 aliphatic carbocycles. The van der Waals surface area contributed by atoms with Gasteiger partial charge < -0.3 is 10.6 Å². The van der Waals surface area contributed by atoms with Gasteiger partial charge >= 0.3 is 0 Å². The number of carbonyl (C=O) groups excluding carboxylic acids is 1. The lowest BCUT2D eigenvalue weighted by Crippen LogP contribution is -2.15. The number of pyridine rings is 1. The highest BCUT2D eigenvalue weighted by molar-refractivity contribution is 9.10. The van der Waals surface area contributed by atoms with E-state index in [2.05, 4.69) is 41.5 Å². The second-order valence-electron chi connectivity index (χ2n) is 5.40. The molecule has 0 saturated heterocycles. The van der Waals surface area contributed by atoms with Crippen molar-refractivity contribution in [2.45, 2.75) is 13.5 Å². The molecule has 0 spiro atoms. The molecule has 2 heterocycles. The van der Waals surface area contributed by atoms with E-state index in [0.29, 0.717) is 23.9 Å². The molecule has 0 unspecified atom stereocenters. The highest BCUT2D eigenvalue weighted by atomic mass is 79.9. The number of nitrogens with zero attached hydrogens (tertiary/aromatic N) is 3. The number of carbonyl (C=O) groups is 1. The van der Waals surface area contributed by atoms with Crippen molar-refractivity contribution in [1.29, 1.82) is 0 Å². The van der Waals surface area contributed by atoms with Gasteiger partial charge in [-0.25, -0.2) is 9.97 Å². The van der Waals surface area contributed by atoms with E-state index < -0.39 is 0 Å². The lowest BCUT2D eigenvalue weighted by molar-refractivity contribution is 0.102. The van der Waals surface area contributed by atoms with Crippen molar-refractivity contribution in [2.24, 2.45) is 0 Å². The minimum absolute atomic E-state index is 0.284. The fraction of sp³-hybridized carbons (Fsp3) is 0.111. The molecule has 25 heavy (non-hydrogen) atoms. The Labute approximate surface area is 153 Å². The smallest absolute Gasteiger partial charge is 0.274 e. The van der Waals surface area contributed by atoms with Gasteiger partial charge in [-0.05, 0) is 48.4 Å². The van der Waals surface area contributed by atoms with E-state index in [0.717, 1.165) is 15.6 Å². The van der Waals surface area contributed by atoms with Gasteiger partial charge in [-0.2, -0.15) is 0 Å². The SMILES string of the molecule is Cc1cc(NC(=O)c2ccnc(NCc3cccnc3)n2)ccc1Br. The van der Waals surface area contributed by atoms with Crippen LogP contribution in [0.15, 0.2) is 59.5 Å². The summed E-state index contributed by atoms with van der Waals surface area (Å²) in [5, 5.41) is 5.93. The fourth-order valence-corrected chi connectivity index (χ4v) is 2.42. The second-order valence-corrected chi connectivity index (χ2v) is 6.25. The highest BCUT2D eigenvalue weighted by Crippen LogP contribution is 2.20. The minimum atomic E-state index is -0.284. The van der Waals surface area contributed by atoms with E-state index in [1.165, 1.54) is 0 Å². The first-order chi connectivity index (χ1) is 12.1. The molecular weight excluding hydrogens is 382 g/mol. The molecule has 3 rings (SSSR count). The fourth-order valence-electron chi connectivity index (χ4n) is 2.17. The Bertz CT molecular complexity index is 886. The summed E-state index contributed by atoms with van der Waals surface area (Å²) < 4.78 is 0.995. The molecule has 0 aliphatic heterocycles. The Balaban J connectivity index is 1.67. The molecule has 7 heteroatoms.